The van der Waals surface area contributed by atoms with Crippen molar-refractivity contribution in [3.05, 3.63) is 65.2 Å². The maximum atomic E-state index is 12.7. The third-order valence-corrected chi connectivity index (χ3v) is 4.83. The molecule has 0 aliphatic rings. The molecular formula is C20H16N2O4S. The molecule has 0 atom stereocenters. The number of nitrogens with zero attached hydrogens (tertiary/aromatic N) is 2. The average Bonchev–Trinajstić information content (AvgIpc) is 3.36. The van der Waals surface area contributed by atoms with Crippen molar-refractivity contribution in [3.8, 4) is 16.3 Å². The molecule has 0 saturated heterocycles. The van der Waals surface area contributed by atoms with Crippen LogP contribution in [-0.2, 0) is 4.74 Å². The van der Waals surface area contributed by atoms with Crippen molar-refractivity contribution in [2.24, 2.45) is 0 Å². The third-order valence-electron chi connectivity index (χ3n) is 3.94. The molecule has 7 heteroatoms. The molecule has 0 radical (unpaired) electrons. The fourth-order valence-corrected chi connectivity index (χ4v) is 3.38. The minimum atomic E-state index is -0.455. The number of fused-ring (bicyclic) bond motifs is 1. The molecule has 4 rings (SSSR count). The highest BCUT2D eigenvalue weighted by Crippen LogP contribution is 2.29. The molecule has 0 bridgehead atoms. The van der Waals surface area contributed by atoms with Crippen molar-refractivity contribution in [1.82, 2.24) is 10.1 Å². The molecule has 0 unspecified atom stereocenters. The lowest BCUT2D eigenvalue weighted by Gasteiger charge is -2.08. The Labute approximate surface area is 159 Å². The normalized spacial score (nSPS) is 10.9. The Bertz CT molecular complexity index is 1060. The zero-order valence-electron chi connectivity index (χ0n) is 14.5. The van der Waals surface area contributed by atoms with Crippen LogP contribution in [0.4, 0.5) is 0 Å². The van der Waals surface area contributed by atoms with Crippen molar-refractivity contribution in [2.45, 2.75) is 6.92 Å². The van der Waals surface area contributed by atoms with Gasteiger partial charge in [0, 0.05) is 0 Å². The fraction of sp³-hybridized carbons (Fsp3) is 0.150. The molecule has 136 valence electrons. The number of pyridine rings is 1. The van der Waals surface area contributed by atoms with Crippen molar-refractivity contribution >= 4 is 28.4 Å². The average molecular weight is 380 g/mol. The van der Waals surface area contributed by atoms with Crippen LogP contribution in [0.2, 0.25) is 0 Å². The van der Waals surface area contributed by atoms with Gasteiger partial charge in [-0.3, -0.25) is 0 Å². The van der Waals surface area contributed by atoms with E-state index in [-0.39, 0.29) is 13.2 Å². The molecular weight excluding hydrogens is 364 g/mol. The lowest BCUT2D eigenvalue weighted by molar-refractivity contribution is 0.0452. The lowest BCUT2D eigenvalue weighted by atomic mass is 10.1. The van der Waals surface area contributed by atoms with E-state index in [1.54, 1.807) is 13.0 Å². The summed E-state index contributed by atoms with van der Waals surface area (Å²) < 4.78 is 16.2. The number of hydrogen-bond donors (Lipinski definition) is 0. The van der Waals surface area contributed by atoms with Gasteiger partial charge < -0.3 is 14.0 Å². The fourth-order valence-electron chi connectivity index (χ4n) is 2.69. The Morgan fingerprint density at radius 1 is 1.15 bits per heavy atom. The SMILES string of the molecule is Cc1noc2nc(-c3cccs3)cc(C(=O)OCCOc3ccccc3)c12. The number of carbonyl (C=O) groups excluding carboxylic acids is 1. The number of hydrogen-bond acceptors (Lipinski definition) is 7. The number of carbonyl (C=O) groups is 1. The Kier molecular flexibility index (Phi) is 4.84. The number of thiophene rings is 1. The van der Waals surface area contributed by atoms with Crippen molar-refractivity contribution < 1.29 is 18.8 Å². The number of para-hydroxylation sites is 1. The first-order chi connectivity index (χ1) is 13.2. The summed E-state index contributed by atoms with van der Waals surface area (Å²) in [6.07, 6.45) is 0. The van der Waals surface area contributed by atoms with Gasteiger partial charge in [-0.15, -0.1) is 11.3 Å². The molecule has 0 fully saturated rings. The number of aromatic nitrogens is 2. The van der Waals surface area contributed by atoms with E-state index in [9.17, 15) is 4.79 Å². The monoisotopic (exact) mass is 380 g/mol. The Hall–Kier alpha value is -3.19. The van der Waals surface area contributed by atoms with E-state index < -0.39 is 5.97 Å². The first kappa shape index (κ1) is 17.2. The van der Waals surface area contributed by atoms with Gasteiger partial charge in [0.15, 0.2) is 0 Å². The highest BCUT2D eigenvalue weighted by atomic mass is 32.1. The Morgan fingerprint density at radius 3 is 2.78 bits per heavy atom. The summed E-state index contributed by atoms with van der Waals surface area (Å²) in [6.45, 7) is 2.17. The van der Waals surface area contributed by atoms with Crippen LogP contribution in [0.1, 0.15) is 16.1 Å². The molecule has 4 aromatic rings. The van der Waals surface area contributed by atoms with E-state index in [1.807, 2.05) is 47.8 Å². The van der Waals surface area contributed by atoms with E-state index in [2.05, 4.69) is 10.1 Å². The molecule has 0 aliphatic carbocycles. The molecule has 0 N–H and O–H groups in total. The number of esters is 1. The highest BCUT2D eigenvalue weighted by molar-refractivity contribution is 7.13. The van der Waals surface area contributed by atoms with E-state index in [0.717, 1.165) is 10.6 Å². The van der Waals surface area contributed by atoms with Crippen LogP contribution in [0.15, 0.2) is 58.4 Å². The number of benzene rings is 1. The lowest BCUT2D eigenvalue weighted by Crippen LogP contribution is -2.13. The van der Waals surface area contributed by atoms with Crippen molar-refractivity contribution in [3.63, 3.8) is 0 Å². The molecule has 6 nitrogen and oxygen atoms in total. The van der Waals surface area contributed by atoms with Gasteiger partial charge in [0.25, 0.3) is 5.71 Å². The second kappa shape index (κ2) is 7.59. The van der Waals surface area contributed by atoms with Gasteiger partial charge in [-0.05, 0) is 36.6 Å². The molecule has 1 aromatic carbocycles. The standard InChI is InChI=1S/C20H16N2O4S/c1-13-18-15(20(23)25-10-9-24-14-6-3-2-4-7-14)12-16(17-8-5-11-27-17)21-19(18)26-22-13/h2-8,11-12H,9-10H2,1H3. The minimum Gasteiger partial charge on any atom is -0.490 e. The molecule has 0 aliphatic heterocycles. The van der Waals surface area contributed by atoms with Crippen LogP contribution < -0.4 is 4.74 Å². The zero-order chi connectivity index (χ0) is 18.6. The summed E-state index contributed by atoms with van der Waals surface area (Å²) in [5, 5.41) is 6.45. The summed E-state index contributed by atoms with van der Waals surface area (Å²) in [6, 6.07) is 15.0. The van der Waals surface area contributed by atoms with Crippen LogP contribution in [-0.4, -0.2) is 29.3 Å². The minimum absolute atomic E-state index is 0.135. The van der Waals surface area contributed by atoms with Crippen LogP contribution >= 0.6 is 11.3 Å². The zero-order valence-corrected chi connectivity index (χ0v) is 15.4. The van der Waals surface area contributed by atoms with Crippen LogP contribution in [0.25, 0.3) is 21.7 Å². The second-order valence-electron chi connectivity index (χ2n) is 5.78. The maximum Gasteiger partial charge on any atom is 0.339 e. The van der Waals surface area contributed by atoms with Crippen LogP contribution in [0, 0.1) is 6.92 Å². The van der Waals surface area contributed by atoms with Gasteiger partial charge in [0.1, 0.15) is 19.0 Å². The predicted molar refractivity (Wildman–Crippen MR) is 102 cm³/mol. The van der Waals surface area contributed by atoms with Gasteiger partial charge >= 0.3 is 5.97 Å². The van der Waals surface area contributed by atoms with E-state index in [1.165, 1.54) is 11.3 Å². The molecule has 0 saturated carbocycles. The van der Waals surface area contributed by atoms with E-state index >= 15 is 0 Å². The quantitative estimate of drug-likeness (QED) is 0.362. The summed E-state index contributed by atoms with van der Waals surface area (Å²) in [5.74, 6) is 0.276. The predicted octanol–water partition coefficient (Wildman–Crippen LogP) is 4.50. The smallest absolute Gasteiger partial charge is 0.339 e. The number of rotatable bonds is 6. The van der Waals surface area contributed by atoms with Gasteiger partial charge in [-0.2, -0.15) is 0 Å². The van der Waals surface area contributed by atoms with Gasteiger partial charge in [-0.25, -0.2) is 9.78 Å². The third kappa shape index (κ3) is 3.68. The summed E-state index contributed by atoms with van der Waals surface area (Å²) in [7, 11) is 0. The topological polar surface area (TPSA) is 74.5 Å². The molecule has 0 spiro atoms. The maximum absolute atomic E-state index is 12.7. The second-order valence-corrected chi connectivity index (χ2v) is 6.73. The van der Waals surface area contributed by atoms with Crippen molar-refractivity contribution in [2.75, 3.05) is 13.2 Å². The van der Waals surface area contributed by atoms with Gasteiger partial charge in [0.05, 0.1) is 27.2 Å². The van der Waals surface area contributed by atoms with Gasteiger partial charge in [0.2, 0.25) is 0 Å². The highest BCUT2D eigenvalue weighted by Gasteiger charge is 2.20. The first-order valence-electron chi connectivity index (χ1n) is 8.38. The van der Waals surface area contributed by atoms with Crippen molar-refractivity contribution in [1.29, 1.82) is 0 Å². The molecule has 27 heavy (non-hydrogen) atoms. The summed E-state index contributed by atoms with van der Waals surface area (Å²) in [5.41, 5.74) is 1.97. The van der Waals surface area contributed by atoms with E-state index in [0.29, 0.717) is 28.1 Å². The largest absolute Gasteiger partial charge is 0.490 e. The van der Waals surface area contributed by atoms with Gasteiger partial charge in [-0.1, -0.05) is 29.4 Å². The van der Waals surface area contributed by atoms with Crippen LogP contribution in [0.5, 0.6) is 5.75 Å². The molecule has 0 amide bonds. The summed E-state index contributed by atoms with van der Waals surface area (Å²) in [4.78, 5) is 18.1. The Balaban J connectivity index is 1.53. The Morgan fingerprint density at radius 2 is 2.00 bits per heavy atom. The van der Waals surface area contributed by atoms with E-state index in [4.69, 9.17) is 14.0 Å². The number of aryl methyl sites for hydroxylation is 1. The number of ether oxygens (including phenoxy) is 2. The van der Waals surface area contributed by atoms with Crippen LogP contribution in [0.3, 0.4) is 0 Å². The molecule has 3 aromatic heterocycles. The first-order valence-corrected chi connectivity index (χ1v) is 9.26. The summed E-state index contributed by atoms with van der Waals surface area (Å²) >= 11 is 1.53. The molecule has 3 heterocycles.